The number of anilines is 1. The van der Waals surface area contributed by atoms with Gasteiger partial charge in [0, 0.05) is 19.2 Å². The highest BCUT2D eigenvalue weighted by molar-refractivity contribution is 7.92. The van der Waals surface area contributed by atoms with E-state index in [9.17, 15) is 22.0 Å². The summed E-state index contributed by atoms with van der Waals surface area (Å²) in [6.45, 7) is 1.78. The van der Waals surface area contributed by atoms with Crippen molar-refractivity contribution in [2.45, 2.75) is 18.4 Å². The lowest BCUT2D eigenvalue weighted by molar-refractivity contribution is 0.0784. The summed E-state index contributed by atoms with van der Waals surface area (Å²) < 4.78 is 60.4. The number of methoxy groups -OCH3 is 1. The SMILES string of the molecule is COc1ccc(CN(C)C(=O)c2cc(S(=O)(=O)Nc3ccccc3F)ccc2C)cc1F. The third-order valence-electron chi connectivity index (χ3n) is 4.85. The van der Waals surface area contributed by atoms with Gasteiger partial charge in [0.15, 0.2) is 11.6 Å². The van der Waals surface area contributed by atoms with Crippen LogP contribution in [0.4, 0.5) is 14.5 Å². The van der Waals surface area contributed by atoms with Gasteiger partial charge in [-0.2, -0.15) is 0 Å². The molecule has 0 bridgehead atoms. The molecule has 1 N–H and O–H groups in total. The van der Waals surface area contributed by atoms with Crippen LogP contribution in [0.15, 0.2) is 65.6 Å². The van der Waals surface area contributed by atoms with Gasteiger partial charge in [0.2, 0.25) is 0 Å². The van der Waals surface area contributed by atoms with E-state index in [0.717, 1.165) is 6.07 Å². The molecule has 0 saturated carbocycles. The number of amides is 1. The van der Waals surface area contributed by atoms with Gasteiger partial charge in [0.1, 0.15) is 5.82 Å². The Kier molecular flexibility index (Phi) is 6.78. The average Bonchev–Trinajstić information content (AvgIpc) is 2.75. The van der Waals surface area contributed by atoms with Crippen molar-refractivity contribution in [1.29, 1.82) is 0 Å². The molecule has 0 atom stereocenters. The second kappa shape index (κ2) is 9.35. The summed E-state index contributed by atoms with van der Waals surface area (Å²) in [6, 6.07) is 13.8. The summed E-state index contributed by atoms with van der Waals surface area (Å²) in [5.41, 5.74) is 1.08. The number of sulfonamides is 1. The van der Waals surface area contributed by atoms with Crippen LogP contribution < -0.4 is 9.46 Å². The van der Waals surface area contributed by atoms with E-state index in [4.69, 9.17) is 4.74 Å². The fourth-order valence-corrected chi connectivity index (χ4v) is 4.20. The molecule has 0 saturated heterocycles. The molecule has 1 amide bonds. The summed E-state index contributed by atoms with van der Waals surface area (Å²) in [6.07, 6.45) is 0. The van der Waals surface area contributed by atoms with Crippen molar-refractivity contribution in [1.82, 2.24) is 4.90 Å². The monoisotopic (exact) mass is 460 g/mol. The van der Waals surface area contributed by atoms with E-state index in [2.05, 4.69) is 4.72 Å². The standard InChI is InChI=1S/C23H22F2N2O4S/c1-15-8-10-17(32(29,30)26-21-7-5-4-6-19(21)24)13-18(15)23(28)27(2)14-16-9-11-22(31-3)20(25)12-16/h4-13,26H,14H2,1-3H3. The molecule has 0 aliphatic rings. The highest BCUT2D eigenvalue weighted by Gasteiger charge is 2.21. The molecule has 3 aromatic carbocycles. The Labute approximate surface area is 185 Å². The van der Waals surface area contributed by atoms with E-state index in [1.54, 1.807) is 13.0 Å². The molecule has 0 aromatic heterocycles. The fourth-order valence-electron chi connectivity index (χ4n) is 3.11. The summed E-state index contributed by atoms with van der Waals surface area (Å²) >= 11 is 0. The lowest BCUT2D eigenvalue weighted by atomic mass is 10.1. The number of carbonyl (C=O) groups is 1. The van der Waals surface area contributed by atoms with Crippen molar-refractivity contribution in [2.24, 2.45) is 0 Å². The number of rotatable bonds is 7. The quantitative estimate of drug-likeness (QED) is 0.569. The minimum absolute atomic E-state index is 0.0961. The first-order chi connectivity index (χ1) is 15.1. The highest BCUT2D eigenvalue weighted by Crippen LogP contribution is 2.23. The molecule has 6 nitrogen and oxygen atoms in total. The lowest BCUT2D eigenvalue weighted by Crippen LogP contribution is -2.27. The minimum Gasteiger partial charge on any atom is -0.494 e. The first-order valence-electron chi connectivity index (χ1n) is 9.58. The van der Waals surface area contributed by atoms with Gasteiger partial charge in [0.05, 0.1) is 17.7 Å². The first kappa shape index (κ1) is 23.2. The highest BCUT2D eigenvalue weighted by atomic mass is 32.2. The van der Waals surface area contributed by atoms with Crippen LogP contribution in [0.2, 0.25) is 0 Å². The van der Waals surface area contributed by atoms with Crippen molar-refractivity contribution >= 4 is 21.6 Å². The van der Waals surface area contributed by atoms with E-state index in [0.29, 0.717) is 11.1 Å². The molecule has 9 heteroatoms. The molecule has 0 aliphatic heterocycles. The molecular formula is C23H22F2N2O4S. The van der Waals surface area contributed by atoms with Crippen LogP contribution in [-0.4, -0.2) is 33.4 Å². The van der Waals surface area contributed by atoms with Crippen molar-refractivity contribution in [3.63, 3.8) is 0 Å². The number of nitrogens with one attached hydrogen (secondary N) is 1. The molecule has 0 radical (unpaired) electrons. The zero-order chi connectivity index (χ0) is 23.5. The van der Waals surface area contributed by atoms with E-state index < -0.39 is 27.6 Å². The number of nitrogens with zero attached hydrogens (tertiary/aromatic N) is 1. The summed E-state index contributed by atoms with van der Waals surface area (Å²) in [5, 5.41) is 0. The van der Waals surface area contributed by atoms with Crippen molar-refractivity contribution in [3.05, 3.63) is 89.0 Å². The normalized spacial score (nSPS) is 11.2. The van der Waals surface area contributed by atoms with Gasteiger partial charge in [-0.15, -0.1) is 0 Å². The molecule has 0 aliphatic carbocycles. The number of benzene rings is 3. The molecule has 0 heterocycles. The Morgan fingerprint density at radius 1 is 1.03 bits per heavy atom. The molecule has 0 unspecified atom stereocenters. The number of ether oxygens (including phenoxy) is 1. The summed E-state index contributed by atoms with van der Waals surface area (Å²) in [4.78, 5) is 14.2. The van der Waals surface area contributed by atoms with Crippen LogP contribution in [0.5, 0.6) is 5.75 Å². The largest absolute Gasteiger partial charge is 0.494 e. The van der Waals surface area contributed by atoms with Gasteiger partial charge in [-0.1, -0.05) is 24.3 Å². The van der Waals surface area contributed by atoms with Crippen LogP contribution in [0.3, 0.4) is 0 Å². The van der Waals surface area contributed by atoms with Gasteiger partial charge in [0.25, 0.3) is 15.9 Å². The van der Waals surface area contributed by atoms with Crippen LogP contribution in [-0.2, 0) is 16.6 Å². The topological polar surface area (TPSA) is 75.7 Å². The Bertz CT molecular complexity index is 1260. The number of para-hydroxylation sites is 1. The Morgan fingerprint density at radius 3 is 2.41 bits per heavy atom. The van der Waals surface area contributed by atoms with E-state index in [-0.39, 0.29) is 28.4 Å². The predicted octanol–water partition coefficient (Wildman–Crippen LogP) is 4.35. The smallest absolute Gasteiger partial charge is 0.262 e. The molecule has 32 heavy (non-hydrogen) atoms. The first-order valence-corrected chi connectivity index (χ1v) is 11.1. The second-order valence-corrected chi connectivity index (χ2v) is 8.87. The van der Waals surface area contributed by atoms with Crippen molar-refractivity contribution in [2.75, 3.05) is 18.9 Å². The van der Waals surface area contributed by atoms with Crippen molar-refractivity contribution in [3.8, 4) is 5.75 Å². The zero-order valence-electron chi connectivity index (χ0n) is 17.7. The average molecular weight is 461 g/mol. The molecule has 0 spiro atoms. The van der Waals surface area contributed by atoms with Crippen LogP contribution in [0, 0.1) is 18.6 Å². The second-order valence-electron chi connectivity index (χ2n) is 7.19. The number of carbonyl (C=O) groups excluding carboxylic acids is 1. The Morgan fingerprint density at radius 2 is 1.75 bits per heavy atom. The van der Waals surface area contributed by atoms with Gasteiger partial charge in [-0.05, 0) is 54.4 Å². The maximum atomic E-state index is 14.0. The zero-order valence-corrected chi connectivity index (χ0v) is 18.5. The Hall–Kier alpha value is -3.46. The lowest BCUT2D eigenvalue weighted by Gasteiger charge is -2.19. The molecule has 168 valence electrons. The maximum Gasteiger partial charge on any atom is 0.262 e. The predicted molar refractivity (Wildman–Crippen MR) is 117 cm³/mol. The van der Waals surface area contributed by atoms with E-state index in [1.807, 2.05) is 0 Å². The minimum atomic E-state index is -4.13. The maximum absolute atomic E-state index is 14.0. The molecular weight excluding hydrogens is 438 g/mol. The summed E-state index contributed by atoms with van der Waals surface area (Å²) in [7, 11) is -1.24. The van der Waals surface area contributed by atoms with E-state index >= 15 is 0 Å². The van der Waals surface area contributed by atoms with Gasteiger partial charge < -0.3 is 9.64 Å². The number of halogens is 2. The number of hydrogen-bond donors (Lipinski definition) is 1. The third-order valence-corrected chi connectivity index (χ3v) is 6.21. The van der Waals surface area contributed by atoms with Gasteiger partial charge in [-0.3, -0.25) is 9.52 Å². The molecule has 0 fully saturated rings. The Balaban J connectivity index is 1.85. The van der Waals surface area contributed by atoms with Crippen molar-refractivity contribution < 1.29 is 26.7 Å². The fraction of sp³-hybridized carbons (Fsp3) is 0.174. The van der Waals surface area contributed by atoms with E-state index in [1.165, 1.54) is 67.6 Å². The van der Waals surface area contributed by atoms with Gasteiger partial charge >= 0.3 is 0 Å². The van der Waals surface area contributed by atoms with Crippen LogP contribution in [0.1, 0.15) is 21.5 Å². The third kappa shape index (κ3) is 5.05. The van der Waals surface area contributed by atoms with Crippen LogP contribution >= 0.6 is 0 Å². The number of aryl methyl sites for hydroxylation is 1. The van der Waals surface area contributed by atoms with Crippen LogP contribution in [0.25, 0.3) is 0 Å². The number of hydrogen-bond acceptors (Lipinski definition) is 4. The molecule has 3 rings (SSSR count). The van der Waals surface area contributed by atoms with Gasteiger partial charge in [-0.25, -0.2) is 17.2 Å². The molecule has 3 aromatic rings. The summed E-state index contributed by atoms with van der Waals surface area (Å²) in [5.74, 6) is -1.61.